The van der Waals surface area contributed by atoms with Crippen molar-refractivity contribution in [1.29, 1.82) is 0 Å². The van der Waals surface area contributed by atoms with E-state index in [1.807, 2.05) is 13.0 Å². The number of pyridine rings is 1. The van der Waals surface area contributed by atoms with Crippen LogP contribution in [0.2, 0.25) is 0 Å². The molecule has 0 saturated heterocycles. The number of carbonyl (C=O) groups excluding carboxylic acids is 1. The van der Waals surface area contributed by atoms with Crippen LogP contribution in [0.4, 0.5) is 5.82 Å². The van der Waals surface area contributed by atoms with E-state index in [1.165, 1.54) is 0 Å². The zero-order chi connectivity index (χ0) is 13.1. The Morgan fingerprint density at radius 3 is 2.94 bits per heavy atom. The van der Waals surface area contributed by atoms with Crippen molar-refractivity contribution in [2.45, 2.75) is 19.9 Å². The number of aryl methyl sites for hydroxylation is 1. The van der Waals surface area contributed by atoms with Crippen molar-refractivity contribution in [3.05, 3.63) is 40.8 Å². The highest BCUT2D eigenvalue weighted by molar-refractivity contribution is 9.10. The average Bonchev–Trinajstić information content (AvgIpc) is 2.85. The van der Waals surface area contributed by atoms with Gasteiger partial charge in [-0.2, -0.15) is 5.10 Å². The molecule has 1 unspecified atom stereocenters. The van der Waals surface area contributed by atoms with Gasteiger partial charge in [0.05, 0.1) is 0 Å². The fourth-order valence-corrected chi connectivity index (χ4v) is 1.97. The highest BCUT2D eigenvalue weighted by atomic mass is 79.9. The van der Waals surface area contributed by atoms with E-state index in [2.05, 4.69) is 31.3 Å². The van der Waals surface area contributed by atoms with Gasteiger partial charge in [-0.25, -0.2) is 4.98 Å². The number of carbonyl (C=O) groups is 1. The molecule has 0 aliphatic rings. The Bertz CT molecular complexity index is 553. The van der Waals surface area contributed by atoms with Gasteiger partial charge in [-0.1, -0.05) is 0 Å². The molecule has 0 spiro atoms. The van der Waals surface area contributed by atoms with Crippen LogP contribution in [0.15, 0.2) is 35.2 Å². The van der Waals surface area contributed by atoms with E-state index in [0.717, 1.165) is 10.0 Å². The first-order valence-electron chi connectivity index (χ1n) is 5.50. The number of rotatable bonds is 3. The van der Waals surface area contributed by atoms with Gasteiger partial charge in [0.15, 0.2) is 0 Å². The van der Waals surface area contributed by atoms with Crippen molar-refractivity contribution >= 4 is 27.7 Å². The van der Waals surface area contributed by atoms with Crippen molar-refractivity contribution in [2.75, 3.05) is 5.32 Å². The molecular weight excluding hydrogens is 296 g/mol. The minimum atomic E-state index is -0.371. The highest BCUT2D eigenvalue weighted by Crippen LogP contribution is 2.18. The number of anilines is 1. The van der Waals surface area contributed by atoms with E-state index >= 15 is 0 Å². The minimum Gasteiger partial charge on any atom is -0.309 e. The van der Waals surface area contributed by atoms with Gasteiger partial charge in [0, 0.05) is 23.1 Å². The third-order valence-corrected chi connectivity index (χ3v) is 3.02. The Labute approximate surface area is 113 Å². The summed E-state index contributed by atoms with van der Waals surface area (Å²) in [6.07, 6.45) is 5.06. The summed E-state index contributed by atoms with van der Waals surface area (Å²) >= 11 is 3.33. The standard InChI is InChI=1S/C12H13BrN4O/c1-8-6-10(13)7-14-11(8)16-12(18)9(2)17-5-3-4-15-17/h3-7,9H,1-2H3,(H,14,16,18). The van der Waals surface area contributed by atoms with Gasteiger partial charge >= 0.3 is 0 Å². The summed E-state index contributed by atoms with van der Waals surface area (Å²) in [4.78, 5) is 16.2. The fraction of sp³-hybridized carbons (Fsp3) is 0.250. The molecule has 5 nitrogen and oxygen atoms in total. The van der Waals surface area contributed by atoms with Crippen molar-refractivity contribution in [2.24, 2.45) is 0 Å². The monoisotopic (exact) mass is 308 g/mol. The summed E-state index contributed by atoms with van der Waals surface area (Å²) < 4.78 is 2.49. The smallest absolute Gasteiger partial charge is 0.250 e. The number of hydrogen-bond acceptors (Lipinski definition) is 3. The lowest BCUT2D eigenvalue weighted by atomic mass is 10.2. The van der Waals surface area contributed by atoms with E-state index in [-0.39, 0.29) is 11.9 Å². The lowest BCUT2D eigenvalue weighted by Crippen LogP contribution is -2.24. The van der Waals surface area contributed by atoms with Crippen molar-refractivity contribution in [1.82, 2.24) is 14.8 Å². The molecule has 2 aromatic heterocycles. The van der Waals surface area contributed by atoms with Gasteiger partial charge in [0.25, 0.3) is 0 Å². The molecule has 1 N–H and O–H groups in total. The number of halogens is 1. The molecule has 18 heavy (non-hydrogen) atoms. The van der Waals surface area contributed by atoms with Crippen LogP contribution in [0.3, 0.4) is 0 Å². The fourth-order valence-electron chi connectivity index (χ4n) is 1.52. The van der Waals surface area contributed by atoms with Gasteiger partial charge in [-0.05, 0) is 47.5 Å². The minimum absolute atomic E-state index is 0.142. The zero-order valence-corrected chi connectivity index (χ0v) is 11.7. The third kappa shape index (κ3) is 2.76. The predicted octanol–water partition coefficient (Wildman–Crippen LogP) is 2.55. The summed E-state index contributed by atoms with van der Waals surface area (Å²) in [7, 11) is 0. The molecule has 2 aromatic rings. The average molecular weight is 309 g/mol. The number of nitrogens with one attached hydrogen (secondary N) is 1. The van der Waals surface area contributed by atoms with Crippen LogP contribution in [0.25, 0.3) is 0 Å². The Hall–Kier alpha value is -1.69. The maximum Gasteiger partial charge on any atom is 0.250 e. The first-order valence-corrected chi connectivity index (χ1v) is 6.29. The Balaban J connectivity index is 2.12. The van der Waals surface area contributed by atoms with Crippen molar-refractivity contribution in [3.8, 4) is 0 Å². The van der Waals surface area contributed by atoms with Crippen LogP contribution in [-0.4, -0.2) is 20.7 Å². The molecule has 1 amide bonds. The van der Waals surface area contributed by atoms with Crippen LogP contribution in [0.1, 0.15) is 18.5 Å². The van der Waals surface area contributed by atoms with Crippen LogP contribution < -0.4 is 5.32 Å². The van der Waals surface area contributed by atoms with Gasteiger partial charge in [0.2, 0.25) is 5.91 Å². The zero-order valence-electron chi connectivity index (χ0n) is 10.1. The molecule has 2 heterocycles. The SMILES string of the molecule is Cc1cc(Br)cnc1NC(=O)C(C)n1cccn1. The molecule has 1 atom stereocenters. The van der Waals surface area contributed by atoms with Crippen LogP contribution in [-0.2, 0) is 4.79 Å². The van der Waals surface area contributed by atoms with Gasteiger partial charge in [-0.3, -0.25) is 9.48 Å². The van der Waals surface area contributed by atoms with Gasteiger partial charge in [0.1, 0.15) is 11.9 Å². The van der Waals surface area contributed by atoms with Crippen LogP contribution in [0.5, 0.6) is 0 Å². The first kappa shape index (κ1) is 12.8. The van der Waals surface area contributed by atoms with E-state index < -0.39 is 0 Å². The van der Waals surface area contributed by atoms with E-state index in [1.54, 1.807) is 36.3 Å². The van der Waals surface area contributed by atoms with Gasteiger partial charge < -0.3 is 5.32 Å². The largest absolute Gasteiger partial charge is 0.309 e. The van der Waals surface area contributed by atoms with Crippen molar-refractivity contribution in [3.63, 3.8) is 0 Å². The number of nitrogens with zero attached hydrogens (tertiary/aromatic N) is 3. The van der Waals surface area contributed by atoms with E-state index in [4.69, 9.17) is 0 Å². The third-order valence-electron chi connectivity index (χ3n) is 2.59. The molecule has 0 aliphatic heterocycles. The molecule has 0 aromatic carbocycles. The number of hydrogen-bond donors (Lipinski definition) is 1. The van der Waals surface area contributed by atoms with Crippen LogP contribution >= 0.6 is 15.9 Å². The molecule has 0 saturated carbocycles. The summed E-state index contributed by atoms with van der Waals surface area (Å²) in [6.45, 7) is 3.68. The van der Waals surface area contributed by atoms with E-state index in [9.17, 15) is 4.79 Å². The number of amides is 1. The van der Waals surface area contributed by atoms with Gasteiger partial charge in [-0.15, -0.1) is 0 Å². The quantitative estimate of drug-likeness (QED) is 0.948. The topological polar surface area (TPSA) is 59.8 Å². The molecule has 94 valence electrons. The molecule has 0 aliphatic carbocycles. The summed E-state index contributed by atoms with van der Waals surface area (Å²) in [6, 6.07) is 3.32. The molecule has 0 bridgehead atoms. The predicted molar refractivity (Wildman–Crippen MR) is 72.2 cm³/mol. The summed E-state index contributed by atoms with van der Waals surface area (Å²) in [5.74, 6) is 0.429. The lowest BCUT2D eigenvalue weighted by Gasteiger charge is -2.13. The Morgan fingerprint density at radius 1 is 1.56 bits per heavy atom. The first-order chi connectivity index (χ1) is 8.58. The summed E-state index contributed by atoms with van der Waals surface area (Å²) in [5, 5.41) is 6.84. The normalized spacial score (nSPS) is 12.2. The molecule has 2 rings (SSSR count). The molecular formula is C12H13BrN4O. The lowest BCUT2D eigenvalue weighted by molar-refractivity contribution is -0.119. The maximum atomic E-state index is 12.0. The van der Waals surface area contributed by atoms with Crippen LogP contribution in [0, 0.1) is 6.92 Å². The molecule has 6 heteroatoms. The Morgan fingerprint density at radius 2 is 2.33 bits per heavy atom. The summed E-state index contributed by atoms with van der Waals surface area (Å²) in [5.41, 5.74) is 0.908. The van der Waals surface area contributed by atoms with Crippen molar-refractivity contribution < 1.29 is 4.79 Å². The highest BCUT2D eigenvalue weighted by Gasteiger charge is 2.16. The number of aromatic nitrogens is 3. The van der Waals surface area contributed by atoms with E-state index in [0.29, 0.717) is 5.82 Å². The molecule has 0 fully saturated rings. The second kappa shape index (κ2) is 5.30. The Kier molecular flexibility index (Phi) is 3.76. The molecule has 0 radical (unpaired) electrons. The second-order valence-electron chi connectivity index (χ2n) is 3.97. The maximum absolute atomic E-state index is 12.0. The second-order valence-corrected chi connectivity index (χ2v) is 4.89.